The van der Waals surface area contributed by atoms with Gasteiger partial charge in [-0.1, -0.05) is 216 Å². The van der Waals surface area contributed by atoms with E-state index >= 15 is 0 Å². The second-order valence-corrected chi connectivity index (χ2v) is 17.2. The summed E-state index contributed by atoms with van der Waals surface area (Å²) < 4.78 is 22.8. The Kier molecular flexibility index (Phi) is 41.2. The number of rotatable bonds is 43. The minimum absolute atomic E-state index is 0.0905. The molecule has 0 spiro atoms. The van der Waals surface area contributed by atoms with E-state index in [1.54, 1.807) is 0 Å². The first-order chi connectivity index (χ1) is 30.4. The van der Waals surface area contributed by atoms with E-state index in [4.69, 9.17) is 18.9 Å². The van der Waals surface area contributed by atoms with E-state index in [1.807, 2.05) is 0 Å². The van der Waals surface area contributed by atoms with Crippen LogP contribution in [-0.2, 0) is 23.7 Å². The molecule has 1 rings (SSSR count). The van der Waals surface area contributed by atoms with Crippen LogP contribution in [0.15, 0.2) is 60.8 Å². The first-order valence-corrected chi connectivity index (χ1v) is 25.4. The average molecular weight is 875 g/mol. The van der Waals surface area contributed by atoms with Gasteiger partial charge in [-0.2, -0.15) is 0 Å². The molecule has 1 heterocycles. The molecule has 0 aromatic rings. The number of unbranched alkanes of at least 4 members (excludes halogenated alkanes) is 22. The van der Waals surface area contributed by atoms with E-state index in [1.165, 1.54) is 128 Å². The van der Waals surface area contributed by atoms with Gasteiger partial charge < -0.3 is 39.4 Å². The summed E-state index contributed by atoms with van der Waals surface area (Å²) in [7, 11) is 0. The van der Waals surface area contributed by atoms with Gasteiger partial charge in [0.2, 0.25) is 0 Å². The van der Waals surface area contributed by atoms with E-state index in [-0.39, 0.29) is 19.2 Å². The lowest BCUT2D eigenvalue weighted by molar-refractivity contribution is -0.305. The summed E-state index contributed by atoms with van der Waals surface area (Å²) in [5.41, 5.74) is 0. The Labute approximate surface area is 379 Å². The van der Waals surface area contributed by atoms with Crippen LogP contribution in [0.3, 0.4) is 0 Å². The summed E-state index contributed by atoms with van der Waals surface area (Å²) in [6.07, 6.45) is 50.0. The Morgan fingerprint density at radius 1 is 0.532 bits per heavy atom. The molecule has 0 radical (unpaired) electrons. The van der Waals surface area contributed by atoms with Crippen LogP contribution >= 0.6 is 0 Å². The highest BCUT2D eigenvalue weighted by atomic mass is 16.7. The van der Waals surface area contributed by atoms with E-state index < -0.39 is 43.4 Å². The molecule has 1 fully saturated rings. The molecule has 1 saturated heterocycles. The van der Waals surface area contributed by atoms with Crippen LogP contribution in [0.2, 0.25) is 0 Å². The minimum Gasteiger partial charge on any atom is -0.457 e. The first kappa shape index (κ1) is 57.9. The maximum atomic E-state index is 12.8. The third kappa shape index (κ3) is 34.3. The third-order valence-corrected chi connectivity index (χ3v) is 11.5. The van der Waals surface area contributed by atoms with Crippen LogP contribution in [0, 0.1) is 0 Å². The second-order valence-electron chi connectivity index (χ2n) is 17.2. The zero-order valence-electron chi connectivity index (χ0n) is 39.6. The monoisotopic (exact) mass is 875 g/mol. The Balaban J connectivity index is 2.22. The predicted molar refractivity (Wildman–Crippen MR) is 256 cm³/mol. The van der Waals surface area contributed by atoms with Crippen molar-refractivity contribution in [2.24, 2.45) is 0 Å². The largest absolute Gasteiger partial charge is 0.457 e. The van der Waals surface area contributed by atoms with Gasteiger partial charge in [-0.05, 0) is 44.9 Å². The van der Waals surface area contributed by atoms with Crippen LogP contribution < -0.4 is 0 Å². The van der Waals surface area contributed by atoms with Gasteiger partial charge in [-0.3, -0.25) is 4.79 Å². The Hall–Kier alpha value is -2.11. The zero-order valence-corrected chi connectivity index (χ0v) is 39.6. The predicted octanol–water partition coefficient (Wildman–Crippen LogP) is 12.3. The van der Waals surface area contributed by atoms with Crippen molar-refractivity contribution in [2.75, 3.05) is 26.4 Å². The molecule has 360 valence electrons. The third-order valence-electron chi connectivity index (χ3n) is 11.5. The quantitative estimate of drug-likeness (QED) is 0.0268. The molecular formula is C53H94O9. The Morgan fingerprint density at radius 3 is 1.39 bits per heavy atom. The zero-order chi connectivity index (χ0) is 45.0. The van der Waals surface area contributed by atoms with E-state index in [0.717, 1.165) is 51.4 Å². The van der Waals surface area contributed by atoms with Crippen molar-refractivity contribution in [3.05, 3.63) is 60.8 Å². The topological polar surface area (TPSA) is 135 Å². The van der Waals surface area contributed by atoms with Crippen molar-refractivity contribution < 1.29 is 44.2 Å². The minimum atomic E-state index is -1.55. The molecule has 0 aromatic heterocycles. The molecule has 9 heteroatoms. The van der Waals surface area contributed by atoms with E-state index in [2.05, 4.69) is 74.6 Å². The molecular weight excluding hydrogens is 781 g/mol. The number of hydrogen-bond donors (Lipinski definition) is 4. The van der Waals surface area contributed by atoms with Crippen LogP contribution in [0.4, 0.5) is 0 Å². The Bertz CT molecular complexity index is 1130. The van der Waals surface area contributed by atoms with Gasteiger partial charge in [-0.15, -0.1) is 0 Å². The van der Waals surface area contributed by atoms with Crippen LogP contribution in [-0.4, -0.2) is 89.6 Å². The van der Waals surface area contributed by atoms with Crippen molar-refractivity contribution in [2.45, 2.75) is 243 Å². The molecule has 62 heavy (non-hydrogen) atoms. The lowest BCUT2D eigenvalue weighted by Gasteiger charge is -2.39. The lowest BCUT2D eigenvalue weighted by Crippen LogP contribution is -2.59. The van der Waals surface area contributed by atoms with Crippen molar-refractivity contribution >= 4 is 5.97 Å². The second kappa shape index (κ2) is 44.1. The summed E-state index contributed by atoms with van der Waals surface area (Å²) in [5, 5.41) is 40.2. The first-order valence-electron chi connectivity index (χ1n) is 25.4. The number of ether oxygens (including phenoxy) is 4. The van der Waals surface area contributed by atoms with Crippen molar-refractivity contribution in [1.29, 1.82) is 0 Å². The van der Waals surface area contributed by atoms with Gasteiger partial charge in [0.05, 0.1) is 26.4 Å². The number of hydrogen-bond acceptors (Lipinski definition) is 9. The SMILES string of the molecule is CC/C=C\C/C=C\C/C=C\C/C=C\C/C=C\CCOCC(COC1OC(CO)C(O)C(O)C1O)OC(=O)CCCCCCCCCCCCCCCCCCCCCCCCC. The highest BCUT2D eigenvalue weighted by Crippen LogP contribution is 2.23. The summed E-state index contributed by atoms with van der Waals surface area (Å²) in [6, 6.07) is 0. The van der Waals surface area contributed by atoms with Crippen LogP contribution in [0.1, 0.15) is 206 Å². The van der Waals surface area contributed by atoms with Crippen LogP contribution in [0.5, 0.6) is 0 Å². The lowest BCUT2D eigenvalue weighted by atomic mass is 9.99. The molecule has 6 unspecified atom stereocenters. The van der Waals surface area contributed by atoms with Gasteiger partial charge in [-0.25, -0.2) is 0 Å². The summed E-state index contributed by atoms with van der Waals surface area (Å²) in [4.78, 5) is 12.8. The number of carbonyl (C=O) groups is 1. The molecule has 9 nitrogen and oxygen atoms in total. The highest BCUT2D eigenvalue weighted by molar-refractivity contribution is 5.69. The Morgan fingerprint density at radius 2 is 0.952 bits per heavy atom. The van der Waals surface area contributed by atoms with Gasteiger partial charge in [0.25, 0.3) is 0 Å². The number of esters is 1. The number of aliphatic hydroxyl groups excluding tert-OH is 4. The summed E-state index contributed by atoms with van der Waals surface area (Å²) >= 11 is 0. The average Bonchev–Trinajstić information content (AvgIpc) is 3.27. The molecule has 0 amide bonds. The number of carbonyl (C=O) groups excluding carboxylic acids is 1. The molecule has 0 aliphatic carbocycles. The summed E-state index contributed by atoms with van der Waals surface area (Å²) in [5.74, 6) is -0.336. The standard InChI is InChI=1S/C53H94O9/c1-3-5-7-9-11-13-15-17-19-21-22-23-24-25-26-27-28-30-32-34-36-38-40-42-49(55)61-47(46-60-53-52(58)51(57)50(56)48(44-54)62-53)45-59-43-41-39-37-35-33-31-29-20-18-16-14-12-10-8-6-4-2/h6,8,12,14,18,20,31,33,37,39,47-48,50-54,56-58H,3-5,7,9-11,13,15-17,19,21-30,32,34-36,38,40-46H2,1-2H3/b8-6-,14-12-,20-18-,33-31-,39-37-. The number of allylic oxidation sites excluding steroid dienone is 9. The van der Waals surface area contributed by atoms with Gasteiger partial charge in [0.1, 0.15) is 30.5 Å². The van der Waals surface area contributed by atoms with Crippen molar-refractivity contribution in [3.8, 4) is 0 Å². The van der Waals surface area contributed by atoms with E-state index in [9.17, 15) is 25.2 Å². The summed E-state index contributed by atoms with van der Waals surface area (Å²) in [6.45, 7) is 4.25. The maximum absolute atomic E-state index is 12.8. The molecule has 0 saturated carbocycles. The number of aliphatic hydroxyl groups is 4. The van der Waals surface area contributed by atoms with Gasteiger partial charge in [0.15, 0.2) is 6.29 Å². The molecule has 1 aliphatic rings. The maximum Gasteiger partial charge on any atom is 0.306 e. The molecule has 4 N–H and O–H groups in total. The fourth-order valence-corrected chi connectivity index (χ4v) is 7.56. The highest BCUT2D eigenvalue weighted by Gasteiger charge is 2.44. The molecule has 0 aromatic carbocycles. The smallest absolute Gasteiger partial charge is 0.306 e. The molecule has 1 aliphatic heterocycles. The van der Waals surface area contributed by atoms with Gasteiger partial charge in [0, 0.05) is 6.42 Å². The fraction of sp³-hybridized carbons (Fsp3) is 0.792. The van der Waals surface area contributed by atoms with Gasteiger partial charge >= 0.3 is 5.97 Å². The van der Waals surface area contributed by atoms with Crippen molar-refractivity contribution in [3.63, 3.8) is 0 Å². The van der Waals surface area contributed by atoms with E-state index in [0.29, 0.717) is 19.4 Å². The van der Waals surface area contributed by atoms with Crippen LogP contribution in [0.25, 0.3) is 0 Å². The molecule has 6 atom stereocenters. The molecule has 0 bridgehead atoms. The van der Waals surface area contributed by atoms with Crippen molar-refractivity contribution in [1.82, 2.24) is 0 Å². The normalized spacial score (nSPS) is 20.3. The fourth-order valence-electron chi connectivity index (χ4n) is 7.56.